The van der Waals surface area contributed by atoms with Gasteiger partial charge in [-0.3, -0.25) is 9.78 Å². The lowest BCUT2D eigenvalue weighted by molar-refractivity contribution is -0.130. The second-order valence-corrected chi connectivity index (χ2v) is 6.73. The molecule has 0 spiro atoms. The molecule has 0 saturated heterocycles. The molecular formula is C19H24N2OS. The smallest absolute Gasteiger partial charge is 0.226 e. The summed E-state index contributed by atoms with van der Waals surface area (Å²) in [6.45, 7) is 4.13. The number of amides is 1. The molecule has 23 heavy (non-hydrogen) atoms. The third-order valence-electron chi connectivity index (χ3n) is 4.18. The Morgan fingerprint density at radius 3 is 2.57 bits per heavy atom. The quantitative estimate of drug-likeness (QED) is 0.757. The minimum absolute atomic E-state index is 0.126. The fourth-order valence-corrected chi connectivity index (χ4v) is 2.85. The van der Waals surface area contributed by atoms with Gasteiger partial charge in [-0.1, -0.05) is 18.2 Å². The summed E-state index contributed by atoms with van der Waals surface area (Å²) >= 11 is 1.71. The van der Waals surface area contributed by atoms with Crippen LogP contribution >= 0.6 is 11.8 Å². The summed E-state index contributed by atoms with van der Waals surface area (Å²) < 4.78 is 0. The third-order valence-corrected chi connectivity index (χ3v) is 4.92. The number of carbonyl (C=O) groups is 1. The van der Waals surface area contributed by atoms with Crippen molar-refractivity contribution in [2.45, 2.75) is 37.6 Å². The predicted octanol–water partition coefficient (Wildman–Crippen LogP) is 3.74. The van der Waals surface area contributed by atoms with Gasteiger partial charge in [-0.2, -0.15) is 0 Å². The minimum atomic E-state index is 0.126. The van der Waals surface area contributed by atoms with Crippen molar-refractivity contribution >= 4 is 17.7 Å². The molecule has 0 aliphatic heterocycles. The van der Waals surface area contributed by atoms with E-state index in [1.807, 2.05) is 36.3 Å². The summed E-state index contributed by atoms with van der Waals surface area (Å²) in [5, 5.41) is 0. The van der Waals surface area contributed by atoms with Gasteiger partial charge in [0.05, 0.1) is 6.42 Å². The monoisotopic (exact) mass is 328 g/mol. The van der Waals surface area contributed by atoms with Crippen LogP contribution in [0.1, 0.15) is 23.7 Å². The van der Waals surface area contributed by atoms with E-state index in [9.17, 15) is 4.79 Å². The average Bonchev–Trinajstić information content (AvgIpc) is 2.56. The van der Waals surface area contributed by atoms with E-state index >= 15 is 0 Å². The fraction of sp³-hybridized carbons (Fsp3) is 0.368. The van der Waals surface area contributed by atoms with Gasteiger partial charge in [0.2, 0.25) is 5.91 Å². The number of hydrogen-bond donors (Lipinski definition) is 0. The molecule has 1 amide bonds. The highest BCUT2D eigenvalue weighted by Gasteiger charge is 2.17. The van der Waals surface area contributed by atoms with E-state index in [2.05, 4.69) is 43.3 Å². The Morgan fingerprint density at radius 2 is 1.96 bits per heavy atom. The van der Waals surface area contributed by atoms with Crippen molar-refractivity contribution in [1.29, 1.82) is 0 Å². The Labute approximate surface area is 143 Å². The van der Waals surface area contributed by atoms with Crippen molar-refractivity contribution in [2.24, 2.45) is 0 Å². The van der Waals surface area contributed by atoms with Crippen LogP contribution in [0.15, 0.2) is 47.5 Å². The fourth-order valence-electron chi connectivity index (χ4n) is 2.44. The van der Waals surface area contributed by atoms with Gasteiger partial charge in [-0.15, -0.1) is 11.8 Å². The maximum atomic E-state index is 12.5. The summed E-state index contributed by atoms with van der Waals surface area (Å²) in [7, 11) is 1.88. The van der Waals surface area contributed by atoms with Gasteiger partial charge in [0.15, 0.2) is 0 Å². The van der Waals surface area contributed by atoms with Crippen LogP contribution in [-0.4, -0.2) is 35.1 Å². The predicted molar refractivity (Wildman–Crippen MR) is 96.8 cm³/mol. The topological polar surface area (TPSA) is 33.2 Å². The molecule has 1 heterocycles. The lowest BCUT2D eigenvalue weighted by atomic mass is 10.1. The molecule has 0 fully saturated rings. The standard InChI is InChI=1S/C19H24N2OS/c1-14-6-5-11-20-18(14)12-15(2)21(3)19(22)13-16-7-9-17(23-4)10-8-16/h5-11,15H,12-13H2,1-4H3/t15-/m0/s1. The highest BCUT2D eigenvalue weighted by molar-refractivity contribution is 7.98. The van der Waals surface area contributed by atoms with Crippen LogP contribution in [0.3, 0.4) is 0 Å². The number of benzene rings is 1. The minimum Gasteiger partial charge on any atom is -0.342 e. The van der Waals surface area contributed by atoms with Crippen molar-refractivity contribution in [3.05, 3.63) is 59.4 Å². The van der Waals surface area contributed by atoms with Gasteiger partial charge < -0.3 is 4.90 Å². The Balaban J connectivity index is 1.96. The van der Waals surface area contributed by atoms with E-state index in [4.69, 9.17) is 0 Å². The van der Waals surface area contributed by atoms with E-state index in [0.717, 1.165) is 17.7 Å². The molecule has 3 nitrogen and oxygen atoms in total. The first-order valence-corrected chi connectivity index (χ1v) is 9.03. The second kappa shape index (κ2) is 8.16. The van der Waals surface area contributed by atoms with Crippen LogP contribution < -0.4 is 0 Å². The summed E-state index contributed by atoms with van der Waals surface area (Å²) in [5.74, 6) is 0.142. The molecular weight excluding hydrogens is 304 g/mol. The van der Waals surface area contributed by atoms with Gasteiger partial charge in [0.25, 0.3) is 0 Å². The number of aromatic nitrogens is 1. The summed E-state index contributed by atoms with van der Waals surface area (Å²) in [6.07, 6.45) is 5.08. The van der Waals surface area contributed by atoms with Crippen molar-refractivity contribution in [1.82, 2.24) is 9.88 Å². The Morgan fingerprint density at radius 1 is 1.26 bits per heavy atom. The average molecular weight is 328 g/mol. The highest BCUT2D eigenvalue weighted by atomic mass is 32.2. The first-order chi connectivity index (χ1) is 11.0. The Kier molecular flexibility index (Phi) is 6.22. The van der Waals surface area contributed by atoms with Gasteiger partial charge >= 0.3 is 0 Å². The molecule has 0 unspecified atom stereocenters. The summed E-state index contributed by atoms with van der Waals surface area (Å²) in [5.41, 5.74) is 3.29. The maximum absolute atomic E-state index is 12.5. The normalized spacial score (nSPS) is 12.0. The first-order valence-electron chi connectivity index (χ1n) is 7.80. The Hall–Kier alpha value is -1.81. The molecule has 1 aromatic heterocycles. The van der Waals surface area contributed by atoms with Crippen LogP contribution in [-0.2, 0) is 17.6 Å². The van der Waals surface area contributed by atoms with Crippen molar-refractivity contribution in [2.75, 3.05) is 13.3 Å². The number of rotatable bonds is 6. The molecule has 0 aliphatic carbocycles. The number of nitrogens with zero attached hydrogens (tertiary/aromatic N) is 2. The van der Waals surface area contributed by atoms with E-state index in [-0.39, 0.29) is 11.9 Å². The Bertz CT molecular complexity index is 655. The number of aryl methyl sites for hydroxylation is 1. The molecule has 1 aromatic carbocycles. The SMILES string of the molecule is CSc1ccc(CC(=O)N(C)[C@@H](C)Cc2ncccc2C)cc1. The lowest BCUT2D eigenvalue weighted by Gasteiger charge is -2.25. The van der Waals surface area contributed by atoms with Gasteiger partial charge in [-0.05, 0) is 49.4 Å². The van der Waals surface area contributed by atoms with E-state index in [1.54, 1.807) is 11.8 Å². The first kappa shape index (κ1) is 17.5. The van der Waals surface area contributed by atoms with Gasteiger partial charge in [-0.25, -0.2) is 0 Å². The van der Waals surface area contributed by atoms with Crippen molar-refractivity contribution in [3.8, 4) is 0 Å². The van der Waals surface area contributed by atoms with Gasteiger partial charge in [0, 0.05) is 36.3 Å². The largest absolute Gasteiger partial charge is 0.342 e. The van der Waals surface area contributed by atoms with Crippen LogP contribution in [0, 0.1) is 6.92 Å². The molecule has 1 atom stereocenters. The van der Waals surface area contributed by atoms with Gasteiger partial charge in [0.1, 0.15) is 0 Å². The lowest BCUT2D eigenvalue weighted by Crippen LogP contribution is -2.37. The van der Waals surface area contributed by atoms with E-state index in [1.165, 1.54) is 10.5 Å². The van der Waals surface area contributed by atoms with Crippen molar-refractivity contribution in [3.63, 3.8) is 0 Å². The molecule has 0 aliphatic rings. The molecule has 4 heteroatoms. The number of hydrogen-bond acceptors (Lipinski definition) is 3. The summed E-state index contributed by atoms with van der Waals surface area (Å²) in [6, 6.07) is 12.3. The van der Waals surface area contributed by atoms with E-state index in [0.29, 0.717) is 6.42 Å². The molecule has 122 valence electrons. The zero-order valence-electron chi connectivity index (χ0n) is 14.2. The number of carbonyl (C=O) groups excluding carboxylic acids is 1. The summed E-state index contributed by atoms with van der Waals surface area (Å²) in [4.78, 5) is 20.0. The molecule has 0 N–H and O–H groups in total. The molecule has 0 bridgehead atoms. The molecule has 0 radical (unpaired) electrons. The highest BCUT2D eigenvalue weighted by Crippen LogP contribution is 2.16. The van der Waals surface area contributed by atoms with E-state index < -0.39 is 0 Å². The van der Waals surface area contributed by atoms with Crippen LogP contribution in [0.4, 0.5) is 0 Å². The third kappa shape index (κ3) is 4.83. The van der Waals surface area contributed by atoms with Crippen LogP contribution in [0.25, 0.3) is 0 Å². The maximum Gasteiger partial charge on any atom is 0.226 e. The molecule has 2 aromatic rings. The zero-order valence-corrected chi connectivity index (χ0v) is 15.1. The van der Waals surface area contributed by atoms with Crippen LogP contribution in [0.5, 0.6) is 0 Å². The zero-order chi connectivity index (χ0) is 16.8. The number of thioether (sulfide) groups is 1. The van der Waals surface area contributed by atoms with Crippen molar-refractivity contribution < 1.29 is 4.79 Å². The molecule has 0 saturated carbocycles. The number of likely N-dealkylation sites (N-methyl/N-ethyl adjacent to an activating group) is 1. The molecule has 2 rings (SSSR count). The number of pyridine rings is 1. The second-order valence-electron chi connectivity index (χ2n) is 5.85. The van der Waals surface area contributed by atoms with Crippen LogP contribution in [0.2, 0.25) is 0 Å².